The lowest BCUT2D eigenvalue weighted by molar-refractivity contribution is -0.147. The number of nitrogens with zero attached hydrogens (tertiary/aromatic N) is 3. The molecule has 3 aliphatic heterocycles. The average molecular weight is 408 g/mol. The molecule has 3 fully saturated rings. The lowest BCUT2D eigenvalue weighted by atomic mass is 9.94. The Bertz CT molecular complexity index is 585. The molecule has 0 N–H and O–H groups in total. The number of carbonyl (C=O) groups is 3. The summed E-state index contributed by atoms with van der Waals surface area (Å²) >= 11 is 0. The summed E-state index contributed by atoms with van der Waals surface area (Å²) in [5.41, 5.74) is 0. The Morgan fingerprint density at radius 1 is 1.03 bits per heavy atom. The predicted molar refractivity (Wildman–Crippen MR) is 110 cm³/mol. The maximum Gasteiger partial charge on any atom is 0.242 e. The van der Waals surface area contributed by atoms with Crippen molar-refractivity contribution in [2.24, 2.45) is 11.8 Å². The van der Waals surface area contributed by atoms with Crippen molar-refractivity contribution in [3.63, 3.8) is 0 Å². The normalized spacial score (nSPS) is 25.9. The number of carbonyl (C=O) groups excluding carboxylic acids is 3. The van der Waals surface area contributed by atoms with Gasteiger partial charge in [-0.2, -0.15) is 0 Å². The summed E-state index contributed by atoms with van der Waals surface area (Å²) in [6.07, 6.45) is 6.48. The van der Waals surface area contributed by atoms with E-state index in [9.17, 15) is 14.4 Å². The fraction of sp³-hybridized carbons (Fsp3) is 0.864. The minimum atomic E-state index is -0.218. The van der Waals surface area contributed by atoms with E-state index in [1.54, 1.807) is 4.90 Å². The number of piperidine rings is 1. The zero-order valence-electron chi connectivity index (χ0n) is 18.1. The minimum absolute atomic E-state index is 0.00898. The molecular weight excluding hydrogens is 370 g/mol. The van der Waals surface area contributed by atoms with Crippen molar-refractivity contribution in [1.29, 1.82) is 0 Å². The van der Waals surface area contributed by atoms with E-state index in [0.29, 0.717) is 13.1 Å². The summed E-state index contributed by atoms with van der Waals surface area (Å²) in [5, 5.41) is 0. The Hall–Kier alpha value is -1.63. The molecule has 0 aromatic rings. The molecule has 3 amide bonds. The standard InChI is InChI=1S/C22H37N3O4/c1-3-17(2)21(27)24-12-6-8-18(14-24)22(28)25(15-19-9-7-13-29-19)16-20(26)23-10-4-5-11-23/h17-19H,3-16H2,1-2H3/t17-,18+,19-/m0/s1. The van der Waals surface area contributed by atoms with Crippen molar-refractivity contribution >= 4 is 17.7 Å². The third-order valence-corrected chi connectivity index (χ3v) is 6.66. The van der Waals surface area contributed by atoms with Gasteiger partial charge in [0.15, 0.2) is 0 Å². The molecule has 3 saturated heterocycles. The maximum absolute atomic E-state index is 13.4. The summed E-state index contributed by atoms with van der Waals surface area (Å²) < 4.78 is 5.75. The predicted octanol–water partition coefficient (Wildman–Crippen LogP) is 1.90. The number of hydrogen-bond donors (Lipinski definition) is 0. The Labute approximate surface area is 174 Å². The zero-order chi connectivity index (χ0) is 20.8. The number of ether oxygens (including phenoxy) is 1. The van der Waals surface area contributed by atoms with Crippen LogP contribution in [0.2, 0.25) is 0 Å². The number of rotatable bonds is 7. The Kier molecular flexibility index (Phi) is 7.92. The van der Waals surface area contributed by atoms with Gasteiger partial charge in [-0.15, -0.1) is 0 Å². The van der Waals surface area contributed by atoms with Crippen molar-refractivity contribution < 1.29 is 19.1 Å². The smallest absolute Gasteiger partial charge is 0.242 e. The van der Waals surface area contributed by atoms with Crippen molar-refractivity contribution in [2.75, 3.05) is 45.9 Å². The summed E-state index contributed by atoms with van der Waals surface area (Å²) in [7, 11) is 0. The van der Waals surface area contributed by atoms with Gasteiger partial charge >= 0.3 is 0 Å². The van der Waals surface area contributed by atoms with E-state index in [-0.39, 0.29) is 42.2 Å². The molecule has 7 heteroatoms. The molecule has 0 bridgehead atoms. The highest BCUT2D eigenvalue weighted by Crippen LogP contribution is 2.23. The van der Waals surface area contributed by atoms with E-state index in [1.807, 2.05) is 23.6 Å². The minimum Gasteiger partial charge on any atom is -0.376 e. The molecular formula is C22H37N3O4. The summed E-state index contributed by atoms with van der Waals surface area (Å²) in [4.78, 5) is 44.2. The lowest BCUT2D eigenvalue weighted by Crippen LogP contribution is -2.51. The summed E-state index contributed by atoms with van der Waals surface area (Å²) in [6.45, 7) is 8.10. The molecule has 29 heavy (non-hydrogen) atoms. The van der Waals surface area contributed by atoms with E-state index in [1.165, 1.54) is 0 Å². The van der Waals surface area contributed by atoms with Crippen LogP contribution in [0.4, 0.5) is 0 Å². The van der Waals surface area contributed by atoms with Crippen molar-refractivity contribution in [2.45, 2.75) is 64.9 Å². The number of amides is 3. The fourth-order valence-corrected chi connectivity index (χ4v) is 4.62. The van der Waals surface area contributed by atoms with Gasteiger partial charge in [-0.3, -0.25) is 14.4 Å². The molecule has 3 heterocycles. The molecule has 3 atom stereocenters. The van der Waals surface area contributed by atoms with Crippen LogP contribution in [0.15, 0.2) is 0 Å². The first-order valence-corrected chi connectivity index (χ1v) is 11.5. The second-order valence-corrected chi connectivity index (χ2v) is 8.87. The van der Waals surface area contributed by atoms with E-state index in [0.717, 1.165) is 71.2 Å². The first kappa shape index (κ1) is 22.1. The van der Waals surface area contributed by atoms with Gasteiger partial charge in [-0.1, -0.05) is 13.8 Å². The molecule has 3 rings (SSSR count). The molecule has 0 unspecified atom stereocenters. The van der Waals surface area contributed by atoms with Crippen LogP contribution in [-0.2, 0) is 19.1 Å². The highest BCUT2D eigenvalue weighted by atomic mass is 16.5. The molecule has 164 valence electrons. The molecule has 0 aromatic heterocycles. The van der Waals surface area contributed by atoms with Crippen LogP contribution >= 0.6 is 0 Å². The van der Waals surface area contributed by atoms with Crippen LogP contribution in [0.3, 0.4) is 0 Å². The van der Waals surface area contributed by atoms with E-state index < -0.39 is 0 Å². The van der Waals surface area contributed by atoms with Gasteiger partial charge in [-0.25, -0.2) is 0 Å². The lowest BCUT2D eigenvalue weighted by Gasteiger charge is -2.36. The van der Waals surface area contributed by atoms with Gasteiger partial charge in [0.2, 0.25) is 17.7 Å². The molecule has 0 radical (unpaired) electrons. The second-order valence-electron chi connectivity index (χ2n) is 8.87. The van der Waals surface area contributed by atoms with Crippen LogP contribution in [0.5, 0.6) is 0 Å². The van der Waals surface area contributed by atoms with E-state index in [4.69, 9.17) is 4.74 Å². The van der Waals surface area contributed by atoms with E-state index in [2.05, 4.69) is 0 Å². The Balaban J connectivity index is 1.65. The SMILES string of the molecule is CC[C@H](C)C(=O)N1CCC[C@@H](C(=O)N(CC(=O)N2CCCC2)C[C@@H]2CCCO2)C1. The highest BCUT2D eigenvalue weighted by Gasteiger charge is 2.35. The molecule has 0 saturated carbocycles. The van der Waals surface area contributed by atoms with Crippen molar-refractivity contribution in [3.05, 3.63) is 0 Å². The first-order chi connectivity index (χ1) is 14.0. The van der Waals surface area contributed by atoms with Crippen LogP contribution in [0, 0.1) is 11.8 Å². The monoisotopic (exact) mass is 407 g/mol. The summed E-state index contributed by atoms with van der Waals surface area (Å²) in [6, 6.07) is 0. The van der Waals surface area contributed by atoms with Gasteiger partial charge < -0.3 is 19.4 Å². The Morgan fingerprint density at radius 3 is 2.41 bits per heavy atom. The van der Waals surface area contributed by atoms with Crippen LogP contribution in [-0.4, -0.2) is 84.4 Å². The fourth-order valence-electron chi connectivity index (χ4n) is 4.62. The van der Waals surface area contributed by atoms with Crippen LogP contribution < -0.4 is 0 Å². The van der Waals surface area contributed by atoms with E-state index >= 15 is 0 Å². The summed E-state index contributed by atoms with van der Waals surface area (Å²) in [5.74, 6) is -0.0381. The van der Waals surface area contributed by atoms with Crippen LogP contribution in [0.1, 0.15) is 58.8 Å². The Morgan fingerprint density at radius 2 is 1.76 bits per heavy atom. The topological polar surface area (TPSA) is 70.2 Å². The van der Waals surface area contributed by atoms with Crippen molar-refractivity contribution in [3.8, 4) is 0 Å². The zero-order valence-corrected chi connectivity index (χ0v) is 18.1. The largest absolute Gasteiger partial charge is 0.376 e. The first-order valence-electron chi connectivity index (χ1n) is 11.5. The molecule has 0 spiro atoms. The van der Waals surface area contributed by atoms with Gasteiger partial charge in [0, 0.05) is 45.2 Å². The third-order valence-electron chi connectivity index (χ3n) is 6.66. The number of hydrogen-bond acceptors (Lipinski definition) is 4. The molecule has 0 aromatic carbocycles. The molecule has 7 nitrogen and oxygen atoms in total. The van der Waals surface area contributed by atoms with Crippen LogP contribution in [0.25, 0.3) is 0 Å². The molecule has 3 aliphatic rings. The van der Waals surface area contributed by atoms with Gasteiger partial charge in [-0.05, 0) is 44.9 Å². The number of likely N-dealkylation sites (tertiary alicyclic amines) is 2. The van der Waals surface area contributed by atoms with Gasteiger partial charge in [0.25, 0.3) is 0 Å². The second kappa shape index (κ2) is 10.4. The van der Waals surface area contributed by atoms with Gasteiger partial charge in [0.05, 0.1) is 18.6 Å². The van der Waals surface area contributed by atoms with Gasteiger partial charge in [0.1, 0.15) is 0 Å². The average Bonchev–Trinajstić information content (AvgIpc) is 3.46. The maximum atomic E-state index is 13.4. The van der Waals surface area contributed by atoms with Crippen molar-refractivity contribution in [1.82, 2.24) is 14.7 Å². The highest BCUT2D eigenvalue weighted by molar-refractivity contribution is 5.87. The molecule has 0 aliphatic carbocycles. The third kappa shape index (κ3) is 5.71. The quantitative estimate of drug-likeness (QED) is 0.646.